The van der Waals surface area contributed by atoms with Crippen LogP contribution in [0.3, 0.4) is 0 Å². The van der Waals surface area contributed by atoms with Crippen molar-refractivity contribution in [3.63, 3.8) is 0 Å². The highest BCUT2D eigenvalue weighted by Gasteiger charge is 2.28. The van der Waals surface area contributed by atoms with Crippen LogP contribution in [0.2, 0.25) is 0 Å². The molecule has 0 aliphatic heterocycles. The van der Waals surface area contributed by atoms with Crippen molar-refractivity contribution in [2.75, 3.05) is 12.4 Å². The number of nitrogens with one attached hydrogen (secondary N) is 1. The first-order chi connectivity index (χ1) is 8.81. The molecule has 1 aromatic heterocycles. The fraction of sp³-hybridized carbons (Fsp3) is 0.357. The van der Waals surface area contributed by atoms with Crippen molar-refractivity contribution in [1.29, 1.82) is 0 Å². The molecule has 18 heavy (non-hydrogen) atoms. The lowest BCUT2D eigenvalue weighted by Crippen LogP contribution is -1.95. The molecule has 0 spiro atoms. The Morgan fingerprint density at radius 2 is 2.06 bits per heavy atom. The second-order valence-electron chi connectivity index (χ2n) is 4.66. The van der Waals surface area contributed by atoms with Gasteiger partial charge < -0.3 is 11.1 Å². The number of anilines is 1. The van der Waals surface area contributed by atoms with Crippen molar-refractivity contribution < 1.29 is 0 Å². The van der Waals surface area contributed by atoms with E-state index in [0.29, 0.717) is 12.5 Å². The van der Waals surface area contributed by atoms with Crippen molar-refractivity contribution in [2.45, 2.75) is 25.3 Å². The maximum absolute atomic E-state index is 5.62. The number of nitrogens with zero attached hydrogens (tertiary/aromatic N) is 1. The number of aromatic nitrogens is 1. The number of benzene rings is 1. The third-order valence-corrected chi connectivity index (χ3v) is 4.50. The summed E-state index contributed by atoms with van der Waals surface area (Å²) in [5.41, 5.74) is 9.02. The van der Waals surface area contributed by atoms with Crippen LogP contribution in [0, 0.1) is 0 Å². The number of thiazole rings is 1. The minimum absolute atomic E-state index is 0.587. The molecule has 1 aromatic carbocycles. The lowest BCUT2D eigenvalue weighted by Gasteiger charge is -2.02. The molecule has 2 aromatic rings. The molecule has 0 amide bonds. The third-order valence-electron chi connectivity index (χ3n) is 3.26. The van der Waals surface area contributed by atoms with Gasteiger partial charge in [-0.15, -0.1) is 11.3 Å². The molecule has 1 aliphatic carbocycles. The summed E-state index contributed by atoms with van der Waals surface area (Å²) in [5.74, 6) is 0.708. The van der Waals surface area contributed by atoms with Gasteiger partial charge in [0, 0.05) is 25.1 Å². The second kappa shape index (κ2) is 4.71. The quantitative estimate of drug-likeness (QED) is 0.886. The van der Waals surface area contributed by atoms with Crippen LogP contribution in [0.25, 0.3) is 11.3 Å². The van der Waals surface area contributed by atoms with Gasteiger partial charge in [0.25, 0.3) is 0 Å². The molecule has 0 saturated heterocycles. The Morgan fingerprint density at radius 3 is 2.61 bits per heavy atom. The van der Waals surface area contributed by atoms with Crippen LogP contribution in [0.15, 0.2) is 24.3 Å². The Morgan fingerprint density at radius 1 is 1.33 bits per heavy atom. The Labute approximate surface area is 111 Å². The van der Waals surface area contributed by atoms with Crippen LogP contribution >= 0.6 is 11.3 Å². The third kappa shape index (κ3) is 2.13. The molecule has 0 radical (unpaired) electrons. The van der Waals surface area contributed by atoms with Crippen molar-refractivity contribution in [2.24, 2.45) is 5.73 Å². The fourth-order valence-electron chi connectivity index (χ4n) is 2.01. The molecule has 3 nitrogen and oxygen atoms in total. The van der Waals surface area contributed by atoms with Gasteiger partial charge in [-0.25, -0.2) is 4.98 Å². The van der Waals surface area contributed by atoms with Crippen LogP contribution in [0.5, 0.6) is 0 Å². The average Bonchev–Trinajstić information content (AvgIpc) is 3.18. The standard InChI is InChI=1S/C14H17N3S/c1-16-14-12(17-13(18-14)11-6-7-11)10-4-2-9(8-15)3-5-10/h2-5,11,16H,6-8,15H2,1H3. The van der Waals surface area contributed by atoms with Crippen molar-refractivity contribution in [3.05, 3.63) is 34.8 Å². The van der Waals surface area contributed by atoms with Gasteiger partial charge in [0.05, 0.1) is 5.01 Å². The van der Waals surface area contributed by atoms with E-state index in [-0.39, 0.29) is 0 Å². The van der Waals surface area contributed by atoms with Gasteiger partial charge in [0.15, 0.2) is 0 Å². The van der Waals surface area contributed by atoms with E-state index in [1.165, 1.54) is 23.4 Å². The normalized spacial score (nSPS) is 14.8. The van der Waals surface area contributed by atoms with Gasteiger partial charge in [-0.3, -0.25) is 0 Å². The summed E-state index contributed by atoms with van der Waals surface area (Å²) in [5, 5.41) is 5.70. The van der Waals surface area contributed by atoms with E-state index in [2.05, 4.69) is 29.6 Å². The molecule has 1 aliphatic rings. The lowest BCUT2D eigenvalue weighted by atomic mass is 10.1. The van der Waals surface area contributed by atoms with Crippen LogP contribution in [-0.4, -0.2) is 12.0 Å². The van der Waals surface area contributed by atoms with Gasteiger partial charge in [-0.05, 0) is 18.4 Å². The largest absolute Gasteiger partial charge is 0.378 e. The summed E-state index contributed by atoms with van der Waals surface area (Å²) >= 11 is 1.79. The SMILES string of the molecule is CNc1sc(C2CC2)nc1-c1ccc(CN)cc1. The Bertz CT molecular complexity index is 541. The van der Waals surface area contributed by atoms with Crippen molar-refractivity contribution >= 4 is 16.3 Å². The van der Waals surface area contributed by atoms with E-state index in [4.69, 9.17) is 10.7 Å². The molecule has 94 valence electrons. The van der Waals surface area contributed by atoms with E-state index >= 15 is 0 Å². The molecule has 1 heterocycles. The molecule has 3 rings (SSSR count). The first kappa shape index (κ1) is 11.7. The van der Waals surface area contributed by atoms with E-state index in [9.17, 15) is 0 Å². The maximum atomic E-state index is 5.62. The van der Waals surface area contributed by atoms with Gasteiger partial charge in [-0.1, -0.05) is 24.3 Å². The predicted octanol–water partition coefficient (Wildman–Crippen LogP) is 3.19. The number of nitrogens with two attached hydrogens (primary N) is 1. The number of hydrogen-bond acceptors (Lipinski definition) is 4. The van der Waals surface area contributed by atoms with E-state index in [1.54, 1.807) is 11.3 Å². The molecule has 1 fully saturated rings. The lowest BCUT2D eigenvalue weighted by molar-refractivity contribution is 1.07. The predicted molar refractivity (Wildman–Crippen MR) is 77.0 cm³/mol. The van der Waals surface area contributed by atoms with Crippen LogP contribution < -0.4 is 11.1 Å². The molecular weight excluding hydrogens is 242 g/mol. The summed E-state index contributed by atoms with van der Waals surface area (Å²) < 4.78 is 0. The number of rotatable bonds is 4. The van der Waals surface area contributed by atoms with E-state index in [0.717, 1.165) is 16.3 Å². The molecule has 1 saturated carbocycles. The summed E-state index contributed by atoms with van der Waals surface area (Å²) in [7, 11) is 1.96. The summed E-state index contributed by atoms with van der Waals surface area (Å²) in [6.07, 6.45) is 2.59. The van der Waals surface area contributed by atoms with Crippen molar-refractivity contribution in [1.82, 2.24) is 4.98 Å². The first-order valence-corrected chi connectivity index (χ1v) is 7.11. The van der Waals surface area contributed by atoms with Crippen molar-refractivity contribution in [3.8, 4) is 11.3 Å². The summed E-state index contributed by atoms with van der Waals surface area (Å²) in [4.78, 5) is 4.79. The Balaban J connectivity index is 1.97. The smallest absolute Gasteiger partial charge is 0.117 e. The highest BCUT2D eigenvalue weighted by Crippen LogP contribution is 2.45. The van der Waals surface area contributed by atoms with Crippen LogP contribution in [-0.2, 0) is 6.54 Å². The summed E-state index contributed by atoms with van der Waals surface area (Å²) in [6, 6.07) is 8.36. The highest BCUT2D eigenvalue weighted by molar-refractivity contribution is 7.16. The molecule has 0 unspecified atom stereocenters. The van der Waals surface area contributed by atoms with E-state index < -0.39 is 0 Å². The van der Waals surface area contributed by atoms with Gasteiger partial charge in [-0.2, -0.15) is 0 Å². The van der Waals surface area contributed by atoms with Crippen LogP contribution in [0.4, 0.5) is 5.00 Å². The second-order valence-corrected chi connectivity index (χ2v) is 5.69. The minimum atomic E-state index is 0.587. The first-order valence-electron chi connectivity index (χ1n) is 6.29. The van der Waals surface area contributed by atoms with E-state index in [1.807, 2.05) is 7.05 Å². The summed E-state index contributed by atoms with van der Waals surface area (Å²) in [6.45, 7) is 0.587. The van der Waals surface area contributed by atoms with Gasteiger partial charge >= 0.3 is 0 Å². The van der Waals surface area contributed by atoms with Crippen LogP contribution in [0.1, 0.15) is 29.3 Å². The monoisotopic (exact) mass is 259 g/mol. The topological polar surface area (TPSA) is 50.9 Å². The fourth-order valence-corrected chi connectivity index (χ4v) is 3.12. The van der Waals surface area contributed by atoms with Gasteiger partial charge in [0.2, 0.25) is 0 Å². The number of hydrogen-bond donors (Lipinski definition) is 2. The zero-order chi connectivity index (χ0) is 12.5. The molecule has 3 N–H and O–H groups in total. The zero-order valence-corrected chi connectivity index (χ0v) is 11.3. The Kier molecular flexibility index (Phi) is 3.06. The zero-order valence-electron chi connectivity index (χ0n) is 10.4. The minimum Gasteiger partial charge on any atom is -0.378 e. The molecule has 0 atom stereocenters. The molecule has 4 heteroatoms. The Hall–Kier alpha value is -1.39. The molecular formula is C14H17N3S. The van der Waals surface area contributed by atoms with Gasteiger partial charge in [0.1, 0.15) is 10.7 Å². The maximum Gasteiger partial charge on any atom is 0.117 e. The highest BCUT2D eigenvalue weighted by atomic mass is 32.1. The molecule has 0 bridgehead atoms. The average molecular weight is 259 g/mol.